The van der Waals surface area contributed by atoms with Gasteiger partial charge in [-0.1, -0.05) is 129 Å². The summed E-state index contributed by atoms with van der Waals surface area (Å²) in [5.74, 6) is 0.663. The van der Waals surface area contributed by atoms with Crippen molar-refractivity contribution < 1.29 is 28.9 Å². The van der Waals surface area contributed by atoms with E-state index in [4.69, 9.17) is 29.0 Å². The van der Waals surface area contributed by atoms with Gasteiger partial charge in [-0.15, -0.1) is 6.12 Å². The fraction of sp³-hybridized carbons (Fsp3) is 0.786. The second-order valence-corrected chi connectivity index (χ2v) is 14.2. The largest absolute Gasteiger partial charge is 2.00 e. The Hall–Kier alpha value is 0.733. The van der Waals surface area contributed by atoms with Crippen LogP contribution in [-0.2, 0) is 56.8 Å². The van der Waals surface area contributed by atoms with E-state index in [1.807, 2.05) is 12.1 Å². The number of aryl methyl sites for hydroxylation is 1. The molecule has 0 atom stereocenters. The summed E-state index contributed by atoms with van der Waals surface area (Å²) in [5, 5.41) is 0. The molecule has 0 radical (unpaired) electrons. The van der Waals surface area contributed by atoms with Crippen LogP contribution in [-0.4, -0.2) is 0 Å². The summed E-state index contributed by atoms with van der Waals surface area (Å²) < 4.78 is 5.58. The van der Waals surface area contributed by atoms with E-state index in [1.165, 1.54) is 120 Å². The number of unbranched alkanes of at least 4 members (excludes halogenated alkanes) is 16. The van der Waals surface area contributed by atoms with Gasteiger partial charge in [0, 0.05) is 5.56 Å². The first-order valence-electron chi connectivity index (χ1n) is 13.8. The van der Waals surface area contributed by atoms with Gasteiger partial charge in [-0.3, -0.25) is 0 Å². The number of hydrogen-bond donors (Lipinski definition) is 0. The molecule has 0 saturated carbocycles. The van der Waals surface area contributed by atoms with Crippen molar-refractivity contribution in [2.75, 3.05) is 0 Å². The molecule has 6 heteroatoms. The maximum Gasteiger partial charge on any atom is 2.00 e. The van der Waals surface area contributed by atoms with Gasteiger partial charge in [-0.2, -0.15) is 0 Å². The van der Waals surface area contributed by atoms with Crippen molar-refractivity contribution in [3.05, 3.63) is 29.3 Å². The Labute approximate surface area is 235 Å². The van der Waals surface area contributed by atoms with Crippen LogP contribution in [0.25, 0.3) is 0 Å². The summed E-state index contributed by atoms with van der Waals surface area (Å²) in [5.41, 5.74) is 2.52. The Morgan fingerprint density at radius 3 is 1.50 bits per heavy atom. The molecule has 1 rings (SSSR count). The average molecular weight is 578 g/mol. The molecule has 0 aliphatic rings. The fourth-order valence-corrected chi connectivity index (χ4v) is 5.47. The summed E-state index contributed by atoms with van der Waals surface area (Å²) in [6.45, 7) is 4.54. The van der Waals surface area contributed by atoms with E-state index < -0.39 is 6.12 Å². The first-order valence-corrected chi connectivity index (χ1v) is 17.5. The summed E-state index contributed by atoms with van der Waals surface area (Å²) in [7, 11) is 0. The molecule has 34 heavy (non-hydrogen) atoms. The van der Waals surface area contributed by atoms with Crippen molar-refractivity contribution in [3.8, 4) is 5.75 Å². The Morgan fingerprint density at radius 1 is 0.647 bits per heavy atom. The SMILES string of the molecule is CCCCCCCCCCCc1cccc(O[P+]([O-])([S-])[S-])c1CCCCCCCCCCC.[Zn+2]. The molecule has 0 N–H and O–H groups in total. The third-order valence-corrected chi connectivity index (χ3v) is 7.39. The standard InChI is InChI=1S/C28H51O2PS2.Zn/c1-3-5-7-9-11-13-15-17-19-22-26-23-21-25-28(30-31(29,32)33)27(26)24-20-18-16-14-12-10-8-6-4-2;/h21,23,25H,3-20,22,24H2,1-2H3,(H2,29,32,33);/q;+2/p-2. The third kappa shape index (κ3) is 18.9. The summed E-state index contributed by atoms with van der Waals surface area (Å²) >= 11 is 9.81. The first kappa shape index (κ1) is 34.7. The molecule has 0 aromatic heterocycles. The molecule has 0 aliphatic heterocycles. The minimum absolute atomic E-state index is 0. The van der Waals surface area contributed by atoms with Crippen LogP contribution in [0.15, 0.2) is 18.2 Å². The molecule has 0 amide bonds. The van der Waals surface area contributed by atoms with Crippen LogP contribution in [0.2, 0.25) is 0 Å². The van der Waals surface area contributed by atoms with E-state index in [-0.39, 0.29) is 19.5 Å². The molecule has 0 spiro atoms. The van der Waals surface area contributed by atoms with E-state index in [9.17, 15) is 4.89 Å². The van der Waals surface area contributed by atoms with Gasteiger partial charge >= 0.3 is 19.5 Å². The van der Waals surface area contributed by atoms with Gasteiger partial charge in [0.1, 0.15) is 0 Å². The van der Waals surface area contributed by atoms with Gasteiger partial charge < -0.3 is 33.9 Å². The molecular weight excluding hydrogens is 529 g/mol. The number of hydrogen-bond acceptors (Lipinski definition) is 4. The molecule has 0 aliphatic carbocycles. The molecular formula is C28H49O2PS2Zn. The quantitative estimate of drug-likeness (QED) is 0.0594. The molecule has 0 bridgehead atoms. The zero-order chi connectivity index (χ0) is 24.2. The van der Waals surface area contributed by atoms with Crippen LogP contribution in [0, 0.1) is 0 Å². The Bertz CT molecular complexity index is 596. The van der Waals surface area contributed by atoms with Gasteiger partial charge in [0.05, 0.1) is 0 Å². The van der Waals surface area contributed by atoms with Crippen molar-refractivity contribution in [1.82, 2.24) is 0 Å². The van der Waals surface area contributed by atoms with Gasteiger partial charge in [0.15, 0.2) is 5.75 Å². The molecule has 0 saturated heterocycles. The van der Waals surface area contributed by atoms with Crippen LogP contribution in [0.1, 0.15) is 141 Å². The Balaban J connectivity index is 0.0000109. The molecule has 0 unspecified atom stereocenters. The van der Waals surface area contributed by atoms with Gasteiger partial charge in [-0.05, 0) is 37.3 Å². The zero-order valence-corrected chi connectivity index (χ0v) is 27.7. The van der Waals surface area contributed by atoms with E-state index in [2.05, 4.69) is 19.9 Å². The molecule has 192 valence electrons. The minimum atomic E-state index is -3.38. The van der Waals surface area contributed by atoms with Crippen LogP contribution in [0.3, 0.4) is 0 Å². The molecule has 1 aromatic carbocycles. The van der Waals surface area contributed by atoms with Crippen molar-refractivity contribution in [2.45, 2.75) is 142 Å². The van der Waals surface area contributed by atoms with Crippen LogP contribution >= 0.6 is 6.12 Å². The topological polar surface area (TPSA) is 32.3 Å². The maximum atomic E-state index is 12.0. The van der Waals surface area contributed by atoms with Gasteiger partial charge in [0.25, 0.3) is 0 Å². The second kappa shape index (κ2) is 22.9. The van der Waals surface area contributed by atoms with Crippen LogP contribution in [0.5, 0.6) is 5.75 Å². The first-order chi connectivity index (χ1) is 16.0. The maximum absolute atomic E-state index is 12.0. The number of rotatable bonds is 22. The Kier molecular flexibility index (Phi) is 23.4. The Morgan fingerprint density at radius 2 is 1.06 bits per heavy atom. The monoisotopic (exact) mass is 576 g/mol. The van der Waals surface area contributed by atoms with Crippen LogP contribution < -0.4 is 9.42 Å². The molecule has 0 heterocycles. The second-order valence-electron chi connectivity index (χ2n) is 9.59. The minimum Gasteiger partial charge on any atom is -0.682 e. The molecule has 1 aromatic rings. The van der Waals surface area contributed by atoms with Crippen LogP contribution in [0.4, 0.5) is 0 Å². The van der Waals surface area contributed by atoms with Gasteiger partial charge in [-0.25, -0.2) is 0 Å². The molecule has 0 fully saturated rings. The number of benzene rings is 1. The summed E-state index contributed by atoms with van der Waals surface area (Å²) in [6.07, 6.45) is 22.4. The van der Waals surface area contributed by atoms with Crippen molar-refractivity contribution in [2.24, 2.45) is 0 Å². The fourth-order valence-electron chi connectivity index (χ4n) is 4.57. The predicted octanol–water partition coefficient (Wildman–Crippen LogP) is 9.34. The van der Waals surface area contributed by atoms with Crippen molar-refractivity contribution in [3.63, 3.8) is 0 Å². The van der Waals surface area contributed by atoms with Crippen molar-refractivity contribution in [1.29, 1.82) is 0 Å². The van der Waals surface area contributed by atoms with Crippen molar-refractivity contribution >= 4 is 30.6 Å². The van der Waals surface area contributed by atoms with E-state index in [0.717, 1.165) is 19.3 Å². The third-order valence-electron chi connectivity index (χ3n) is 6.52. The summed E-state index contributed by atoms with van der Waals surface area (Å²) in [4.78, 5) is 12.0. The molecule has 2 nitrogen and oxygen atoms in total. The normalized spacial score (nSPS) is 11.4. The predicted molar refractivity (Wildman–Crippen MR) is 151 cm³/mol. The average Bonchev–Trinajstić information content (AvgIpc) is 2.77. The smallest absolute Gasteiger partial charge is 0.682 e. The van der Waals surface area contributed by atoms with E-state index >= 15 is 0 Å². The van der Waals surface area contributed by atoms with E-state index in [0.29, 0.717) is 5.75 Å². The van der Waals surface area contributed by atoms with Gasteiger partial charge in [0.2, 0.25) is 0 Å². The summed E-state index contributed by atoms with van der Waals surface area (Å²) in [6, 6.07) is 6.10. The van der Waals surface area contributed by atoms with E-state index in [1.54, 1.807) is 0 Å². The zero-order valence-electron chi connectivity index (χ0n) is 22.2.